The molecule has 4 N–H and O–H groups in total. The number of anilines is 3. The third kappa shape index (κ3) is 4.23. The zero-order chi connectivity index (χ0) is 22.9. The van der Waals surface area contributed by atoms with Crippen LogP contribution in [0.5, 0.6) is 5.88 Å². The maximum absolute atomic E-state index is 15.3. The minimum atomic E-state index is -0.509. The summed E-state index contributed by atoms with van der Waals surface area (Å²) in [7, 11) is 0. The van der Waals surface area contributed by atoms with Crippen LogP contribution in [-0.4, -0.2) is 47.6 Å². The van der Waals surface area contributed by atoms with Crippen molar-refractivity contribution in [1.29, 1.82) is 0 Å². The van der Waals surface area contributed by atoms with Gasteiger partial charge in [0, 0.05) is 48.3 Å². The maximum Gasteiger partial charge on any atom is 0.262 e. The predicted octanol–water partition coefficient (Wildman–Crippen LogP) is 4.02. The highest BCUT2D eigenvalue weighted by Crippen LogP contribution is 2.39. The molecule has 4 heterocycles. The van der Waals surface area contributed by atoms with Gasteiger partial charge in [-0.2, -0.15) is 0 Å². The third-order valence-electron chi connectivity index (χ3n) is 5.91. The second-order valence-corrected chi connectivity index (χ2v) is 8.41. The van der Waals surface area contributed by atoms with Gasteiger partial charge in [0.05, 0.1) is 18.9 Å². The van der Waals surface area contributed by atoms with E-state index in [0.29, 0.717) is 54.6 Å². The monoisotopic (exact) mass is 469 g/mol. The summed E-state index contributed by atoms with van der Waals surface area (Å²) in [6, 6.07) is 3.52. The van der Waals surface area contributed by atoms with E-state index in [2.05, 4.69) is 20.6 Å². The van der Waals surface area contributed by atoms with E-state index < -0.39 is 5.82 Å². The number of rotatable bonds is 3. The summed E-state index contributed by atoms with van der Waals surface area (Å²) >= 11 is 5.34. The zero-order valence-corrected chi connectivity index (χ0v) is 18.9. The molecule has 0 atom stereocenters. The standard InChI is InChI=1S/C23H24FN5O3S/c1-12-16(10-28-22-21(12)26-4-7-31-22)15-8-13-9-18(27-11-17(13)20(25)19(15)24)29-23(33)32-14-2-5-30-6-3-14/h8-11,14,26H,2-7,25H2,1H3,(H,27,29,33). The molecule has 3 aromatic rings. The number of hydrogen-bond donors (Lipinski definition) is 3. The number of fused-ring (bicyclic) bond motifs is 2. The van der Waals surface area contributed by atoms with E-state index in [0.717, 1.165) is 29.5 Å². The van der Waals surface area contributed by atoms with Gasteiger partial charge >= 0.3 is 0 Å². The number of halogens is 1. The highest BCUT2D eigenvalue weighted by Gasteiger charge is 2.21. The van der Waals surface area contributed by atoms with E-state index >= 15 is 4.39 Å². The second-order valence-electron chi connectivity index (χ2n) is 8.04. The number of nitrogen functional groups attached to an aromatic ring is 1. The number of nitrogens with one attached hydrogen (secondary N) is 2. The fraction of sp³-hybridized carbons (Fsp3) is 0.348. The van der Waals surface area contributed by atoms with Gasteiger partial charge in [0.15, 0.2) is 5.82 Å². The summed E-state index contributed by atoms with van der Waals surface area (Å²) in [4.78, 5) is 8.69. The first kappa shape index (κ1) is 21.6. The number of nitrogens with zero attached hydrogens (tertiary/aromatic N) is 2. The van der Waals surface area contributed by atoms with Gasteiger partial charge in [-0.1, -0.05) is 0 Å². The van der Waals surface area contributed by atoms with E-state index in [-0.39, 0.29) is 17.0 Å². The van der Waals surface area contributed by atoms with Crippen molar-refractivity contribution >= 4 is 45.4 Å². The van der Waals surface area contributed by atoms with Crippen molar-refractivity contribution < 1.29 is 18.6 Å². The highest BCUT2D eigenvalue weighted by molar-refractivity contribution is 7.80. The molecule has 0 amide bonds. The van der Waals surface area contributed by atoms with Gasteiger partial charge < -0.3 is 30.6 Å². The number of benzene rings is 1. The molecule has 0 saturated carbocycles. The molecule has 0 aliphatic carbocycles. The molecule has 172 valence electrons. The van der Waals surface area contributed by atoms with Crippen LogP contribution in [0, 0.1) is 12.7 Å². The Morgan fingerprint density at radius 2 is 2.03 bits per heavy atom. The molecule has 1 saturated heterocycles. The molecule has 2 aliphatic rings. The van der Waals surface area contributed by atoms with Gasteiger partial charge in [-0.25, -0.2) is 14.4 Å². The molecule has 0 unspecified atom stereocenters. The summed E-state index contributed by atoms with van der Waals surface area (Å²) in [6.45, 7) is 4.43. The number of ether oxygens (including phenoxy) is 3. The molecule has 2 aromatic heterocycles. The molecule has 1 aromatic carbocycles. The van der Waals surface area contributed by atoms with E-state index in [9.17, 15) is 0 Å². The summed E-state index contributed by atoms with van der Waals surface area (Å²) in [5.74, 6) is 0.502. The van der Waals surface area contributed by atoms with E-state index in [1.54, 1.807) is 18.3 Å². The van der Waals surface area contributed by atoms with Crippen LogP contribution in [0.2, 0.25) is 0 Å². The lowest BCUT2D eigenvalue weighted by molar-refractivity contribution is 0.0217. The number of pyridine rings is 2. The highest BCUT2D eigenvalue weighted by atomic mass is 32.1. The van der Waals surface area contributed by atoms with Crippen molar-refractivity contribution in [1.82, 2.24) is 9.97 Å². The van der Waals surface area contributed by atoms with Gasteiger partial charge in [-0.3, -0.25) is 0 Å². The summed E-state index contributed by atoms with van der Waals surface area (Å²) in [5, 5.41) is 7.77. The van der Waals surface area contributed by atoms with Crippen molar-refractivity contribution in [2.45, 2.75) is 25.9 Å². The first-order chi connectivity index (χ1) is 16.0. The molecule has 33 heavy (non-hydrogen) atoms. The molecule has 8 nitrogen and oxygen atoms in total. The third-order valence-corrected chi connectivity index (χ3v) is 6.11. The molecule has 0 bridgehead atoms. The minimum Gasteiger partial charge on any atom is -0.474 e. The first-order valence-electron chi connectivity index (χ1n) is 10.8. The smallest absolute Gasteiger partial charge is 0.262 e. The SMILES string of the molecule is Cc1c(-c2cc3cc(NC(=S)OC4CCOCC4)ncc3c(N)c2F)cnc2c1NCCO2. The van der Waals surface area contributed by atoms with Crippen LogP contribution in [0.25, 0.3) is 21.9 Å². The number of aromatic nitrogens is 2. The van der Waals surface area contributed by atoms with Crippen LogP contribution in [0.1, 0.15) is 18.4 Å². The average molecular weight is 470 g/mol. The quantitative estimate of drug-likeness (QED) is 0.387. The topological polar surface area (TPSA) is 104 Å². The van der Waals surface area contributed by atoms with Crippen LogP contribution in [-0.2, 0) is 9.47 Å². The van der Waals surface area contributed by atoms with Crippen molar-refractivity contribution in [3.8, 4) is 17.0 Å². The molecule has 10 heteroatoms. The van der Waals surface area contributed by atoms with E-state index in [1.807, 2.05) is 6.92 Å². The van der Waals surface area contributed by atoms with Gasteiger partial charge in [0.1, 0.15) is 24.2 Å². The Hall–Kier alpha value is -3.24. The average Bonchev–Trinajstić information content (AvgIpc) is 2.82. The molecular formula is C23H24FN5O3S. The lowest BCUT2D eigenvalue weighted by Crippen LogP contribution is -2.28. The summed E-state index contributed by atoms with van der Waals surface area (Å²) in [5.41, 5.74) is 8.80. The van der Waals surface area contributed by atoms with Gasteiger partial charge in [-0.05, 0) is 42.2 Å². The van der Waals surface area contributed by atoms with E-state index in [4.69, 9.17) is 32.2 Å². The molecule has 2 aliphatic heterocycles. The Bertz CT molecular complexity index is 1230. The molecule has 5 rings (SSSR count). The van der Waals surface area contributed by atoms with Gasteiger partial charge in [0.25, 0.3) is 5.17 Å². The Morgan fingerprint density at radius 3 is 2.85 bits per heavy atom. The van der Waals surface area contributed by atoms with Crippen LogP contribution >= 0.6 is 12.2 Å². The van der Waals surface area contributed by atoms with Crippen LogP contribution in [0.3, 0.4) is 0 Å². The van der Waals surface area contributed by atoms with Crippen LogP contribution in [0.15, 0.2) is 24.5 Å². The summed E-state index contributed by atoms with van der Waals surface area (Å²) < 4.78 is 32.0. The van der Waals surface area contributed by atoms with Crippen molar-refractivity contribution in [2.75, 3.05) is 42.7 Å². The number of hydrogen-bond acceptors (Lipinski definition) is 8. The Balaban J connectivity index is 1.47. The largest absolute Gasteiger partial charge is 0.474 e. The first-order valence-corrected chi connectivity index (χ1v) is 11.2. The number of thiocarbonyl (C=S) groups is 1. The summed E-state index contributed by atoms with van der Waals surface area (Å²) in [6.07, 6.45) is 4.75. The molecule has 0 radical (unpaired) electrons. The van der Waals surface area contributed by atoms with E-state index in [1.165, 1.54) is 6.20 Å². The normalized spacial score (nSPS) is 15.9. The second kappa shape index (κ2) is 8.95. The van der Waals surface area contributed by atoms with Crippen molar-refractivity contribution in [3.63, 3.8) is 0 Å². The maximum atomic E-state index is 15.3. The van der Waals surface area contributed by atoms with Gasteiger partial charge in [0.2, 0.25) is 5.88 Å². The predicted molar refractivity (Wildman–Crippen MR) is 129 cm³/mol. The molecular weight excluding hydrogens is 445 g/mol. The zero-order valence-electron chi connectivity index (χ0n) is 18.1. The van der Waals surface area contributed by atoms with Crippen LogP contribution in [0.4, 0.5) is 21.6 Å². The lowest BCUT2D eigenvalue weighted by Gasteiger charge is -2.23. The Morgan fingerprint density at radius 1 is 1.21 bits per heavy atom. The lowest BCUT2D eigenvalue weighted by atomic mass is 9.97. The van der Waals surface area contributed by atoms with Crippen LogP contribution < -0.4 is 21.1 Å². The Kier molecular flexibility index (Phi) is 5.86. The van der Waals surface area contributed by atoms with Crippen molar-refractivity contribution in [3.05, 3.63) is 35.9 Å². The fourth-order valence-corrected chi connectivity index (χ4v) is 4.37. The fourth-order valence-electron chi connectivity index (χ4n) is 4.13. The van der Waals surface area contributed by atoms with Gasteiger partial charge in [-0.15, -0.1) is 0 Å². The number of nitrogens with two attached hydrogens (primary N) is 1. The Labute approximate surface area is 195 Å². The molecule has 0 spiro atoms. The molecule has 1 fully saturated rings. The minimum absolute atomic E-state index is 0.0209. The van der Waals surface area contributed by atoms with Crippen molar-refractivity contribution in [2.24, 2.45) is 0 Å².